The Morgan fingerprint density at radius 3 is 2.50 bits per heavy atom. The van der Waals surface area contributed by atoms with Crippen molar-refractivity contribution in [2.75, 3.05) is 11.9 Å². The van der Waals surface area contributed by atoms with Gasteiger partial charge < -0.3 is 15.7 Å². The van der Waals surface area contributed by atoms with Crippen LogP contribution in [0.15, 0.2) is 48.5 Å². The van der Waals surface area contributed by atoms with Gasteiger partial charge in [0, 0.05) is 36.3 Å². The highest BCUT2D eigenvalue weighted by Crippen LogP contribution is 2.21. The Morgan fingerprint density at radius 2 is 1.86 bits per heavy atom. The summed E-state index contributed by atoms with van der Waals surface area (Å²) < 4.78 is 0. The van der Waals surface area contributed by atoms with Gasteiger partial charge in [0.1, 0.15) is 0 Å². The van der Waals surface area contributed by atoms with Crippen LogP contribution in [0.1, 0.15) is 24.2 Å². The van der Waals surface area contributed by atoms with Crippen molar-refractivity contribution in [2.45, 2.75) is 19.6 Å². The summed E-state index contributed by atoms with van der Waals surface area (Å²) in [5.74, 6) is -0.0891. The van der Waals surface area contributed by atoms with E-state index in [-0.39, 0.29) is 5.91 Å². The number of nitrogens with one attached hydrogen (secondary N) is 2. The molecule has 0 heterocycles. The fourth-order valence-electron chi connectivity index (χ4n) is 2.12. The van der Waals surface area contributed by atoms with Crippen LogP contribution in [0.25, 0.3) is 0 Å². The SMILES string of the molecule is CC(=O)Nc1ccc(CNCC(O)c2ccccc2Cl)cc1. The van der Waals surface area contributed by atoms with Gasteiger partial charge in [-0.05, 0) is 23.8 Å². The second-order valence-electron chi connectivity index (χ2n) is 5.05. The Morgan fingerprint density at radius 1 is 1.18 bits per heavy atom. The largest absolute Gasteiger partial charge is 0.387 e. The summed E-state index contributed by atoms with van der Waals surface area (Å²) in [5.41, 5.74) is 2.56. The lowest BCUT2D eigenvalue weighted by Crippen LogP contribution is -2.21. The predicted molar refractivity (Wildman–Crippen MR) is 88.9 cm³/mol. The highest BCUT2D eigenvalue weighted by molar-refractivity contribution is 6.31. The first kappa shape index (κ1) is 16.5. The number of benzene rings is 2. The van der Waals surface area contributed by atoms with Gasteiger partial charge in [-0.2, -0.15) is 0 Å². The summed E-state index contributed by atoms with van der Waals surface area (Å²) in [5, 5.41) is 16.6. The molecule has 116 valence electrons. The van der Waals surface area contributed by atoms with Gasteiger partial charge in [0.2, 0.25) is 5.91 Å². The van der Waals surface area contributed by atoms with Crippen LogP contribution in [0.4, 0.5) is 5.69 Å². The molecule has 5 heteroatoms. The predicted octanol–water partition coefficient (Wildman–Crippen LogP) is 3.12. The quantitative estimate of drug-likeness (QED) is 0.767. The average Bonchev–Trinajstić information content (AvgIpc) is 2.49. The van der Waals surface area contributed by atoms with Crippen molar-refractivity contribution >= 4 is 23.2 Å². The van der Waals surface area contributed by atoms with E-state index in [1.807, 2.05) is 42.5 Å². The van der Waals surface area contributed by atoms with Crippen molar-refractivity contribution in [2.24, 2.45) is 0 Å². The van der Waals surface area contributed by atoms with E-state index in [0.29, 0.717) is 18.1 Å². The first-order valence-corrected chi connectivity index (χ1v) is 7.44. The lowest BCUT2D eigenvalue weighted by atomic mass is 10.1. The van der Waals surface area contributed by atoms with E-state index in [4.69, 9.17) is 11.6 Å². The summed E-state index contributed by atoms with van der Waals surface area (Å²) in [4.78, 5) is 10.9. The lowest BCUT2D eigenvalue weighted by molar-refractivity contribution is -0.114. The monoisotopic (exact) mass is 318 g/mol. The maximum atomic E-state index is 10.9. The molecule has 0 bridgehead atoms. The minimum atomic E-state index is -0.646. The van der Waals surface area contributed by atoms with Gasteiger partial charge in [-0.15, -0.1) is 0 Å². The van der Waals surface area contributed by atoms with Gasteiger partial charge in [0.05, 0.1) is 6.10 Å². The Labute approximate surface area is 135 Å². The second-order valence-corrected chi connectivity index (χ2v) is 5.45. The van der Waals surface area contributed by atoms with Gasteiger partial charge in [-0.3, -0.25) is 4.79 Å². The number of hydrogen-bond acceptors (Lipinski definition) is 3. The van der Waals surface area contributed by atoms with E-state index >= 15 is 0 Å². The van der Waals surface area contributed by atoms with E-state index in [2.05, 4.69) is 10.6 Å². The highest BCUT2D eigenvalue weighted by atomic mass is 35.5. The fraction of sp³-hybridized carbons (Fsp3) is 0.235. The normalized spacial score (nSPS) is 12.0. The minimum Gasteiger partial charge on any atom is -0.387 e. The summed E-state index contributed by atoms with van der Waals surface area (Å²) in [6.45, 7) is 2.52. The van der Waals surface area contributed by atoms with E-state index in [1.165, 1.54) is 6.92 Å². The van der Waals surface area contributed by atoms with E-state index in [9.17, 15) is 9.90 Å². The van der Waals surface area contributed by atoms with Crippen LogP contribution in [-0.4, -0.2) is 17.6 Å². The van der Waals surface area contributed by atoms with Crippen LogP contribution in [-0.2, 0) is 11.3 Å². The molecule has 0 aromatic heterocycles. The molecule has 22 heavy (non-hydrogen) atoms. The fourth-order valence-corrected chi connectivity index (χ4v) is 2.38. The molecule has 1 atom stereocenters. The molecule has 2 aromatic rings. The first-order valence-electron chi connectivity index (χ1n) is 7.06. The lowest BCUT2D eigenvalue weighted by Gasteiger charge is -2.14. The molecule has 0 saturated heterocycles. The molecule has 3 N–H and O–H groups in total. The van der Waals surface area contributed by atoms with E-state index < -0.39 is 6.10 Å². The van der Waals surface area contributed by atoms with Gasteiger partial charge >= 0.3 is 0 Å². The summed E-state index contributed by atoms with van der Waals surface area (Å²) in [6.07, 6.45) is -0.646. The van der Waals surface area contributed by atoms with Crippen LogP contribution in [0.5, 0.6) is 0 Å². The Kier molecular flexibility index (Phi) is 5.95. The van der Waals surface area contributed by atoms with E-state index in [0.717, 1.165) is 16.8 Å². The van der Waals surface area contributed by atoms with Crippen molar-refractivity contribution in [3.8, 4) is 0 Å². The van der Waals surface area contributed by atoms with Crippen LogP contribution in [0.3, 0.4) is 0 Å². The summed E-state index contributed by atoms with van der Waals surface area (Å²) in [6, 6.07) is 14.8. The van der Waals surface area contributed by atoms with Crippen molar-refractivity contribution in [3.05, 3.63) is 64.7 Å². The number of amides is 1. The molecule has 0 saturated carbocycles. The van der Waals surface area contributed by atoms with Gasteiger partial charge in [-0.25, -0.2) is 0 Å². The molecule has 1 amide bonds. The number of anilines is 1. The van der Waals surface area contributed by atoms with Crippen molar-refractivity contribution in [3.63, 3.8) is 0 Å². The molecule has 0 spiro atoms. The highest BCUT2D eigenvalue weighted by Gasteiger charge is 2.10. The topological polar surface area (TPSA) is 61.4 Å². The zero-order chi connectivity index (χ0) is 15.9. The van der Waals surface area contributed by atoms with Crippen molar-refractivity contribution in [1.29, 1.82) is 0 Å². The van der Waals surface area contributed by atoms with Gasteiger partial charge in [0.25, 0.3) is 0 Å². The number of rotatable bonds is 6. The third kappa shape index (κ3) is 4.84. The van der Waals surface area contributed by atoms with Crippen molar-refractivity contribution < 1.29 is 9.90 Å². The van der Waals surface area contributed by atoms with Crippen molar-refractivity contribution in [1.82, 2.24) is 5.32 Å². The number of aliphatic hydroxyl groups excluding tert-OH is 1. The Bertz CT molecular complexity index is 629. The Balaban J connectivity index is 1.83. The molecular formula is C17H19ClN2O2. The summed E-state index contributed by atoms with van der Waals surface area (Å²) >= 11 is 6.05. The molecule has 4 nitrogen and oxygen atoms in total. The molecule has 0 aliphatic heterocycles. The van der Waals surface area contributed by atoms with Gasteiger partial charge in [0.15, 0.2) is 0 Å². The third-order valence-electron chi connectivity index (χ3n) is 3.21. The zero-order valence-corrected chi connectivity index (χ0v) is 13.1. The third-order valence-corrected chi connectivity index (χ3v) is 3.55. The smallest absolute Gasteiger partial charge is 0.221 e. The van der Waals surface area contributed by atoms with Crippen LogP contribution < -0.4 is 10.6 Å². The van der Waals surface area contributed by atoms with Gasteiger partial charge in [-0.1, -0.05) is 41.9 Å². The number of carbonyl (C=O) groups is 1. The second kappa shape index (κ2) is 7.94. The molecule has 1 unspecified atom stereocenters. The number of hydrogen-bond donors (Lipinski definition) is 3. The minimum absolute atomic E-state index is 0.0891. The molecule has 2 aromatic carbocycles. The molecular weight excluding hydrogens is 300 g/mol. The molecule has 0 radical (unpaired) electrons. The van der Waals surface area contributed by atoms with Crippen LogP contribution in [0.2, 0.25) is 5.02 Å². The number of carbonyl (C=O) groups excluding carboxylic acids is 1. The zero-order valence-electron chi connectivity index (χ0n) is 12.3. The summed E-state index contributed by atoms with van der Waals surface area (Å²) in [7, 11) is 0. The molecule has 0 fully saturated rings. The standard InChI is InChI=1S/C17H19ClN2O2/c1-12(21)20-14-8-6-13(7-9-14)10-19-11-17(22)15-4-2-3-5-16(15)18/h2-9,17,19,22H,10-11H2,1H3,(H,20,21). The average molecular weight is 319 g/mol. The Hall–Kier alpha value is -1.88. The van der Waals surface area contributed by atoms with E-state index in [1.54, 1.807) is 6.07 Å². The molecule has 2 rings (SSSR count). The van der Waals surface area contributed by atoms with Crippen LogP contribution in [0, 0.1) is 0 Å². The number of halogens is 1. The molecule has 0 aliphatic carbocycles. The van der Waals surface area contributed by atoms with Crippen LogP contribution >= 0.6 is 11.6 Å². The number of aliphatic hydroxyl groups is 1. The molecule has 0 aliphatic rings. The maximum Gasteiger partial charge on any atom is 0.221 e. The maximum absolute atomic E-state index is 10.9. The first-order chi connectivity index (χ1) is 10.6.